The third kappa shape index (κ3) is 3.09. The summed E-state index contributed by atoms with van der Waals surface area (Å²) in [5.41, 5.74) is 3.35. The second-order valence-corrected chi connectivity index (χ2v) is 3.59. The molecule has 0 unspecified atom stereocenters. The Balaban J connectivity index is 2.77. The van der Waals surface area contributed by atoms with Crippen LogP contribution in [0, 0.1) is 0 Å². The van der Waals surface area contributed by atoms with E-state index in [0.717, 1.165) is 16.8 Å². The van der Waals surface area contributed by atoms with Crippen molar-refractivity contribution in [3.8, 4) is 0 Å². The lowest BCUT2D eigenvalue weighted by molar-refractivity contribution is -0.112. The van der Waals surface area contributed by atoms with Gasteiger partial charge in [-0.05, 0) is 31.5 Å². The lowest BCUT2D eigenvalue weighted by Crippen LogP contribution is -2.11. The minimum Gasteiger partial charge on any atom is -0.322 e. The van der Waals surface area contributed by atoms with E-state index in [1.807, 2.05) is 31.2 Å². The van der Waals surface area contributed by atoms with Gasteiger partial charge in [-0.15, -0.1) is 0 Å². The Morgan fingerprint density at radius 1 is 1.13 bits per heavy atom. The van der Waals surface area contributed by atoms with Crippen molar-refractivity contribution >= 4 is 17.2 Å². The highest BCUT2D eigenvalue weighted by Gasteiger charge is 2.02. The fraction of sp³-hybridized carbons (Fsp3) is 0.154. The monoisotopic (exact) mass is 201 g/mol. The van der Waals surface area contributed by atoms with Crippen LogP contribution in [-0.2, 0) is 4.79 Å². The second kappa shape index (κ2) is 4.60. The van der Waals surface area contributed by atoms with Crippen molar-refractivity contribution in [2.24, 2.45) is 0 Å². The summed E-state index contributed by atoms with van der Waals surface area (Å²) in [6.07, 6.45) is 0. The van der Waals surface area contributed by atoms with Crippen molar-refractivity contribution in [1.82, 2.24) is 0 Å². The number of rotatable bonds is 3. The predicted molar refractivity (Wildman–Crippen MR) is 64.6 cm³/mol. The summed E-state index contributed by atoms with van der Waals surface area (Å²) < 4.78 is 0. The molecule has 1 aromatic rings. The zero-order chi connectivity index (χ0) is 11.4. The molecule has 2 heteroatoms. The molecule has 15 heavy (non-hydrogen) atoms. The summed E-state index contributed by atoms with van der Waals surface area (Å²) in [5.74, 6) is -0.155. The van der Waals surface area contributed by atoms with E-state index in [1.54, 1.807) is 6.92 Å². The largest absolute Gasteiger partial charge is 0.322 e. The van der Waals surface area contributed by atoms with Gasteiger partial charge in [-0.25, -0.2) is 0 Å². The van der Waals surface area contributed by atoms with Crippen LogP contribution in [-0.4, -0.2) is 5.91 Å². The average molecular weight is 201 g/mol. The van der Waals surface area contributed by atoms with Crippen molar-refractivity contribution in [2.75, 3.05) is 5.32 Å². The van der Waals surface area contributed by atoms with E-state index in [0.29, 0.717) is 5.57 Å². The summed E-state index contributed by atoms with van der Waals surface area (Å²) in [5, 5.41) is 2.74. The van der Waals surface area contributed by atoms with Crippen LogP contribution in [0.5, 0.6) is 0 Å². The summed E-state index contributed by atoms with van der Waals surface area (Å²) in [4.78, 5) is 11.3. The van der Waals surface area contributed by atoms with Crippen LogP contribution in [0.25, 0.3) is 5.57 Å². The fourth-order valence-corrected chi connectivity index (χ4v) is 1.08. The Morgan fingerprint density at radius 2 is 1.67 bits per heavy atom. The summed E-state index contributed by atoms with van der Waals surface area (Å²) in [7, 11) is 0. The van der Waals surface area contributed by atoms with Crippen LogP contribution < -0.4 is 5.32 Å². The highest BCUT2D eigenvalue weighted by molar-refractivity contribution is 6.02. The first-order valence-electron chi connectivity index (χ1n) is 4.73. The molecule has 0 saturated carbocycles. The maximum absolute atomic E-state index is 11.3. The molecule has 0 atom stereocenters. The molecule has 1 rings (SSSR count). The molecule has 0 heterocycles. The summed E-state index contributed by atoms with van der Waals surface area (Å²) in [6.45, 7) is 11.0. The molecule has 0 aliphatic heterocycles. The van der Waals surface area contributed by atoms with Crippen molar-refractivity contribution < 1.29 is 4.79 Å². The Kier molecular flexibility index (Phi) is 3.45. The van der Waals surface area contributed by atoms with Gasteiger partial charge in [0.15, 0.2) is 0 Å². The van der Waals surface area contributed by atoms with E-state index in [4.69, 9.17) is 0 Å². The molecule has 0 spiro atoms. The Morgan fingerprint density at radius 3 is 2.07 bits per heavy atom. The maximum Gasteiger partial charge on any atom is 0.250 e. The van der Waals surface area contributed by atoms with Crippen molar-refractivity contribution in [2.45, 2.75) is 13.8 Å². The number of carbonyl (C=O) groups excluding carboxylic acids is 1. The average Bonchev–Trinajstić information content (AvgIpc) is 2.18. The van der Waals surface area contributed by atoms with Gasteiger partial charge in [-0.1, -0.05) is 30.9 Å². The van der Waals surface area contributed by atoms with Crippen LogP contribution >= 0.6 is 0 Å². The molecule has 0 aromatic heterocycles. The van der Waals surface area contributed by atoms with Crippen molar-refractivity contribution in [1.29, 1.82) is 0 Å². The number of benzene rings is 1. The van der Waals surface area contributed by atoms with Gasteiger partial charge in [-0.3, -0.25) is 4.79 Å². The van der Waals surface area contributed by atoms with Crippen LogP contribution in [0.1, 0.15) is 19.4 Å². The highest BCUT2D eigenvalue weighted by atomic mass is 16.1. The number of hydrogen-bond donors (Lipinski definition) is 1. The number of anilines is 1. The lowest BCUT2D eigenvalue weighted by atomic mass is 10.1. The van der Waals surface area contributed by atoms with Crippen molar-refractivity contribution in [3.05, 3.63) is 48.6 Å². The van der Waals surface area contributed by atoms with Crippen LogP contribution in [0.2, 0.25) is 0 Å². The minimum atomic E-state index is -0.155. The first kappa shape index (κ1) is 11.2. The van der Waals surface area contributed by atoms with Gasteiger partial charge >= 0.3 is 0 Å². The first-order valence-corrected chi connectivity index (χ1v) is 4.73. The first-order chi connectivity index (χ1) is 7.00. The van der Waals surface area contributed by atoms with Crippen LogP contribution in [0.3, 0.4) is 0 Å². The van der Waals surface area contributed by atoms with Crippen LogP contribution in [0.15, 0.2) is 43.0 Å². The lowest BCUT2D eigenvalue weighted by Gasteiger charge is -2.05. The number of allylic oxidation sites excluding steroid dienone is 1. The molecule has 1 aromatic carbocycles. The van der Waals surface area contributed by atoms with Gasteiger partial charge in [0, 0.05) is 11.3 Å². The molecule has 0 fully saturated rings. The van der Waals surface area contributed by atoms with E-state index < -0.39 is 0 Å². The topological polar surface area (TPSA) is 29.1 Å². The highest BCUT2D eigenvalue weighted by Crippen LogP contribution is 2.15. The summed E-state index contributed by atoms with van der Waals surface area (Å²) in [6, 6.07) is 7.56. The standard InChI is InChI=1S/C13H15NO/c1-9(2)11-5-7-12(8-6-11)14-13(15)10(3)4/h5-8H,1,3H2,2,4H3,(H,14,15). The minimum absolute atomic E-state index is 0.155. The number of amides is 1. The van der Waals surface area contributed by atoms with Gasteiger partial charge in [0.25, 0.3) is 5.91 Å². The van der Waals surface area contributed by atoms with Crippen LogP contribution in [0.4, 0.5) is 5.69 Å². The fourth-order valence-electron chi connectivity index (χ4n) is 1.08. The number of nitrogens with one attached hydrogen (secondary N) is 1. The zero-order valence-corrected chi connectivity index (χ0v) is 9.13. The molecule has 0 aliphatic carbocycles. The normalized spacial score (nSPS) is 9.47. The quantitative estimate of drug-likeness (QED) is 0.747. The van der Waals surface area contributed by atoms with E-state index in [-0.39, 0.29) is 5.91 Å². The van der Waals surface area contributed by atoms with Gasteiger partial charge in [0.1, 0.15) is 0 Å². The van der Waals surface area contributed by atoms with Gasteiger partial charge in [0.05, 0.1) is 0 Å². The molecular formula is C13H15NO. The molecule has 78 valence electrons. The van der Waals surface area contributed by atoms with E-state index in [9.17, 15) is 4.79 Å². The Hall–Kier alpha value is -1.83. The van der Waals surface area contributed by atoms with E-state index in [1.165, 1.54) is 0 Å². The van der Waals surface area contributed by atoms with Crippen molar-refractivity contribution in [3.63, 3.8) is 0 Å². The molecule has 0 radical (unpaired) electrons. The molecule has 1 amide bonds. The SMILES string of the molecule is C=C(C)C(=O)Nc1ccc(C(=C)C)cc1. The van der Waals surface area contributed by atoms with E-state index in [2.05, 4.69) is 18.5 Å². The second-order valence-electron chi connectivity index (χ2n) is 3.59. The zero-order valence-electron chi connectivity index (χ0n) is 9.13. The molecule has 1 N–H and O–H groups in total. The molecule has 0 aliphatic rings. The van der Waals surface area contributed by atoms with Gasteiger partial charge in [-0.2, -0.15) is 0 Å². The Labute approximate surface area is 90.3 Å². The summed E-state index contributed by atoms with van der Waals surface area (Å²) >= 11 is 0. The molecular weight excluding hydrogens is 186 g/mol. The maximum atomic E-state index is 11.3. The Bertz CT molecular complexity index is 401. The smallest absolute Gasteiger partial charge is 0.250 e. The number of hydrogen-bond acceptors (Lipinski definition) is 1. The van der Waals surface area contributed by atoms with Gasteiger partial charge in [0.2, 0.25) is 0 Å². The predicted octanol–water partition coefficient (Wildman–Crippen LogP) is 3.23. The number of carbonyl (C=O) groups is 1. The molecule has 0 saturated heterocycles. The third-order valence-corrected chi connectivity index (χ3v) is 2.02. The van der Waals surface area contributed by atoms with Gasteiger partial charge < -0.3 is 5.32 Å². The third-order valence-electron chi connectivity index (χ3n) is 2.02. The molecule has 0 bridgehead atoms. The van der Waals surface area contributed by atoms with E-state index >= 15 is 0 Å². The molecule has 2 nitrogen and oxygen atoms in total.